The lowest BCUT2D eigenvalue weighted by molar-refractivity contribution is 0.418. The van der Waals surface area contributed by atoms with Crippen molar-refractivity contribution in [3.05, 3.63) is 0 Å². The SMILES string of the molecule is CS(=O)(=O)NC1CC2CNC1C2. The van der Waals surface area contributed by atoms with Crippen LogP contribution in [0.4, 0.5) is 0 Å². The summed E-state index contributed by atoms with van der Waals surface area (Å²) >= 11 is 0. The number of hydrogen-bond donors (Lipinski definition) is 2. The zero-order valence-corrected chi connectivity index (χ0v) is 7.89. The molecule has 5 heteroatoms. The molecule has 1 aliphatic heterocycles. The molecule has 4 nitrogen and oxygen atoms in total. The van der Waals surface area contributed by atoms with E-state index in [0.29, 0.717) is 12.0 Å². The minimum atomic E-state index is -3.02. The van der Waals surface area contributed by atoms with Crippen molar-refractivity contribution in [3.8, 4) is 0 Å². The van der Waals surface area contributed by atoms with Gasteiger partial charge < -0.3 is 5.32 Å². The molecule has 0 aromatic heterocycles. The van der Waals surface area contributed by atoms with Crippen molar-refractivity contribution in [2.45, 2.75) is 24.9 Å². The molecule has 2 bridgehead atoms. The number of sulfonamides is 1. The van der Waals surface area contributed by atoms with Crippen molar-refractivity contribution >= 4 is 10.0 Å². The number of rotatable bonds is 2. The van der Waals surface area contributed by atoms with Crippen LogP contribution < -0.4 is 10.0 Å². The molecule has 2 rings (SSSR count). The summed E-state index contributed by atoms with van der Waals surface area (Å²) < 4.78 is 24.5. The van der Waals surface area contributed by atoms with Gasteiger partial charge in [0.2, 0.25) is 10.0 Å². The predicted octanol–water partition coefficient (Wildman–Crippen LogP) is -0.714. The van der Waals surface area contributed by atoms with Gasteiger partial charge in [0, 0.05) is 12.1 Å². The number of piperidine rings is 1. The van der Waals surface area contributed by atoms with Gasteiger partial charge >= 0.3 is 0 Å². The largest absolute Gasteiger partial charge is 0.312 e. The van der Waals surface area contributed by atoms with Gasteiger partial charge in [-0.25, -0.2) is 13.1 Å². The van der Waals surface area contributed by atoms with Crippen molar-refractivity contribution in [3.63, 3.8) is 0 Å². The average molecular weight is 190 g/mol. The molecule has 0 amide bonds. The lowest BCUT2D eigenvalue weighted by Crippen LogP contribution is -2.47. The highest BCUT2D eigenvalue weighted by Gasteiger charge is 2.40. The van der Waals surface area contributed by atoms with Gasteiger partial charge in [-0.15, -0.1) is 0 Å². The van der Waals surface area contributed by atoms with Gasteiger partial charge in [-0.2, -0.15) is 0 Å². The second-order valence-electron chi connectivity index (χ2n) is 3.85. The first-order valence-corrected chi connectivity index (χ1v) is 6.14. The summed E-state index contributed by atoms with van der Waals surface area (Å²) in [6.07, 6.45) is 3.36. The van der Waals surface area contributed by atoms with E-state index in [9.17, 15) is 8.42 Å². The first-order chi connectivity index (χ1) is 5.54. The zero-order valence-electron chi connectivity index (χ0n) is 7.08. The van der Waals surface area contributed by atoms with Crippen LogP contribution in [0.1, 0.15) is 12.8 Å². The normalized spacial score (nSPS) is 40.6. The van der Waals surface area contributed by atoms with Gasteiger partial charge in [0.1, 0.15) is 0 Å². The van der Waals surface area contributed by atoms with Crippen LogP contribution in [0, 0.1) is 5.92 Å². The number of hydrogen-bond acceptors (Lipinski definition) is 3. The predicted molar refractivity (Wildman–Crippen MR) is 46.3 cm³/mol. The molecule has 70 valence electrons. The minimum absolute atomic E-state index is 0.138. The molecule has 1 saturated heterocycles. The summed E-state index contributed by atoms with van der Waals surface area (Å²) in [6.45, 7) is 1.06. The van der Waals surface area contributed by atoms with Crippen LogP contribution in [0.5, 0.6) is 0 Å². The number of nitrogens with one attached hydrogen (secondary N) is 2. The third kappa shape index (κ3) is 1.62. The quantitative estimate of drug-likeness (QED) is 0.604. The fourth-order valence-electron chi connectivity index (χ4n) is 2.26. The smallest absolute Gasteiger partial charge is 0.209 e. The van der Waals surface area contributed by atoms with Crippen LogP contribution in [0.2, 0.25) is 0 Å². The number of fused-ring (bicyclic) bond motifs is 2. The van der Waals surface area contributed by atoms with E-state index in [1.165, 1.54) is 6.26 Å². The van der Waals surface area contributed by atoms with E-state index in [0.717, 1.165) is 19.4 Å². The Bertz CT molecular complexity index is 275. The van der Waals surface area contributed by atoms with Crippen molar-refractivity contribution in [2.24, 2.45) is 5.92 Å². The molecule has 1 heterocycles. The van der Waals surface area contributed by atoms with Crippen LogP contribution in [-0.4, -0.2) is 33.3 Å². The molecule has 3 unspecified atom stereocenters. The lowest BCUT2D eigenvalue weighted by atomic mass is 10.1. The Morgan fingerprint density at radius 2 is 2.17 bits per heavy atom. The van der Waals surface area contributed by atoms with Crippen molar-refractivity contribution in [1.82, 2.24) is 10.0 Å². The summed E-state index contributed by atoms with van der Waals surface area (Å²) in [5.41, 5.74) is 0. The minimum Gasteiger partial charge on any atom is -0.312 e. The highest BCUT2D eigenvalue weighted by Crippen LogP contribution is 2.31. The highest BCUT2D eigenvalue weighted by atomic mass is 32.2. The van der Waals surface area contributed by atoms with Gasteiger partial charge in [0.05, 0.1) is 6.26 Å². The molecule has 1 saturated carbocycles. The molecule has 0 aromatic rings. The molecule has 2 aliphatic rings. The van der Waals surface area contributed by atoms with Gasteiger partial charge in [-0.1, -0.05) is 0 Å². The Morgan fingerprint density at radius 3 is 2.58 bits per heavy atom. The summed E-state index contributed by atoms with van der Waals surface area (Å²) in [4.78, 5) is 0. The van der Waals surface area contributed by atoms with E-state index in [2.05, 4.69) is 10.0 Å². The van der Waals surface area contributed by atoms with Crippen molar-refractivity contribution < 1.29 is 8.42 Å². The summed E-state index contributed by atoms with van der Waals surface area (Å²) in [5.74, 6) is 0.689. The Hall–Kier alpha value is -0.130. The molecule has 12 heavy (non-hydrogen) atoms. The first kappa shape index (κ1) is 8.47. The van der Waals surface area contributed by atoms with Gasteiger partial charge in [-0.3, -0.25) is 0 Å². The molecule has 3 atom stereocenters. The fraction of sp³-hybridized carbons (Fsp3) is 1.00. The third-order valence-electron chi connectivity index (χ3n) is 2.69. The van der Waals surface area contributed by atoms with Crippen LogP contribution in [-0.2, 0) is 10.0 Å². The Morgan fingerprint density at radius 1 is 1.42 bits per heavy atom. The van der Waals surface area contributed by atoms with E-state index >= 15 is 0 Å². The maximum atomic E-state index is 10.9. The van der Waals surface area contributed by atoms with E-state index < -0.39 is 10.0 Å². The lowest BCUT2D eigenvalue weighted by Gasteiger charge is -2.22. The third-order valence-corrected chi connectivity index (χ3v) is 3.43. The summed E-state index contributed by atoms with van der Waals surface area (Å²) in [6, 6.07) is 0.517. The molecular formula is C7H14N2O2S. The molecule has 1 aliphatic carbocycles. The second kappa shape index (κ2) is 2.68. The maximum absolute atomic E-state index is 10.9. The van der Waals surface area contributed by atoms with Crippen molar-refractivity contribution in [2.75, 3.05) is 12.8 Å². The highest BCUT2D eigenvalue weighted by molar-refractivity contribution is 7.88. The standard InChI is InChI=1S/C7H14N2O2S/c1-12(10,11)9-7-3-5-2-6(7)8-4-5/h5-9H,2-4H2,1H3. The van der Waals surface area contributed by atoms with Crippen molar-refractivity contribution in [1.29, 1.82) is 0 Å². The molecule has 2 N–H and O–H groups in total. The topological polar surface area (TPSA) is 58.2 Å². The monoisotopic (exact) mass is 190 g/mol. The molecular weight excluding hydrogens is 176 g/mol. The zero-order chi connectivity index (χ0) is 8.77. The van der Waals surface area contributed by atoms with E-state index in [4.69, 9.17) is 0 Å². The maximum Gasteiger partial charge on any atom is 0.209 e. The Kier molecular flexibility index (Phi) is 1.89. The van der Waals surface area contributed by atoms with Gasteiger partial charge in [0.15, 0.2) is 0 Å². The van der Waals surface area contributed by atoms with E-state index in [-0.39, 0.29) is 6.04 Å². The van der Waals surface area contributed by atoms with Gasteiger partial charge in [-0.05, 0) is 25.3 Å². The Labute approximate surface area is 72.8 Å². The van der Waals surface area contributed by atoms with E-state index in [1.807, 2.05) is 0 Å². The van der Waals surface area contributed by atoms with Crippen LogP contribution in [0.25, 0.3) is 0 Å². The molecule has 0 radical (unpaired) electrons. The molecule has 2 fully saturated rings. The molecule has 0 aromatic carbocycles. The van der Waals surface area contributed by atoms with E-state index in [1.54, 1.807) is 0 Å². The van der Waals surface area contributed by atoms with Crippen LogP contribution >= 0.6 is 0 Å². The second-order valence-corrected chi connectivity index (χ2v) is 5.63. The van der Waals surface area contributed by atoms with Crippen LogP contribution in [0.3, 0.4) is 0 Å². The van der Waals surface area contributed by atoms with Crippen LogP contribution in [0.15, 0.2) is 0 Å². The summed E-state index contributed by atoms with van der Waals surface area (Å²) in [5, 5.41) is 3.30. The van der Waals surface area contributed by atoms with Gasteiger partial charge in [0.25, 0.3) is 0 Å². The summed E-state index contributed by atoms with van der Waals surface area (Å²) in [7, 11) is -3.02. The average Bonchev–Trinajstić information content (AvgIpc) is 2.42. The first-order valence-electron chi connectivity index (χ1n) is 4.25. The fourth-order valence-corrected chi connectivity index (χ4v) is 3.07. The molecule has 0 spiro atoms. The Balaban J connectivity index is 2.00.